The molecule has 6 heteroatoms. The van der Waals surface area contributed by atoms with Crippen molar-refractivity contribution in [3.8, 4) is 11.3 Å². The molecule has 0 radical (unpaired) electrons. The Kier molecular flexibility index (Phi) is 9.84. The predicted octanol–water partition coefficient (Wildman–Crippen LogP) is 9.19. The molecule has 2 nitrogen and oxygen atoms in total. The van der Waals surface area contributed by atoms with Crippen LogP contribution < -0.4 is 5.32 Å². The highest BCUT2D eigenvalue weighted by Crippen LogP contribution is 2.37. The second-order valence-corrected chi connectivity index (χ2v) is 8.23. The van der Waals surface area contributed by atoms with Crippen molar-refractivity contribution in [2.45, 2.75) is 59.6 Å². The fraction of sp³-hybridized carbons (Fsp3) is 0.321. The molecule has 3 rings (SSSR count). The van der Waals surface area contributed by atoms with Gasteiger partial charge in [-0.25, -0.2) is 9.37 Å². The maximum Gasteiger partial charge on any atom is 0.417 e. The molecule has 0 amide bonds. The molecule has 0 aliphatic heterocycles. The first kappa shape index (κ1) is 27.1. The highest BCUT2D eigenvalue weighted by atomic mass is 19.4. The molecule has 1 aromatic heterocycles. The number of alkyl halides is 3. The van der Waals surface area contributed by atoms with Crippen molar-refractivity contribution in [3.63, 3.8) is 0 Å². The van der Waals surface area contributed by atoms with Gasteiger partial charge < -0.3 is 5.32 Å². The number of nitrogens with one attached hydrogen (secondary N) is 1. The summed E-state index contributed by atoms with van der Waals surface area (Å²) in [6.07, 6.45) is 1.05. The molecule has 1 heterocycles. The lowest BCUT2D eigenvalue weighted by Gasteiger charge is -2.16. The Morgan fingerprint density at radius 1 is 0.941 bits per heavy atom. The van der Waals surface area contributed by atoms with Gasteiger partial charge in [-0.2, -0.15) is 13.2 Å². The van der Waals surface area contributed by atoms with Crippen LogP contribution in [0.2, 0.25) is 0 Å². The molecule has 0 saturated heterocycles. The van der Waals surface area contributed by atoms with E-state index in [4.69, 9.17) is 0 Å². The Bertz CT molecular complexity index is 1100. The van der Waals surface area contributed by atoms with Crippen LogP contribution in [-0.4, -0.2) is 4.98 Å². The predicted molar refractivity (Wildman–Crippen MR) is 133 cm³/mol. The maximum absolute atomic E-state index is 13.6. The van der Waals surface area contributed by atoms with Crippen molar-refractivity contribution in [3.05, 3.63) is 89.2 Å². The van der Waals surface area contributed by atoms with Crippen molar-refractivity contribution in [1.29, 1.82) is 0 Å². The van der Waals surface area contributed by atoms with E-state index >= 15 is 0 Å². The fourth-order valence-corrected chi connectivity index (χ4v) is 3.46. The lowest BCUT2D eigenvalue weighted by atomic mass is 10.0. The van der Waals surface area contributed by atoms with E-state index in [1.807, 2.05) is 6.92 Å². The molecule has 1 N–H and O–H groups in total. The van der Waals surface area contributed by atoms with E-state index in [0.29, 0.717) is 17.1 Å². The van der Waals surface area contributed by atoms with Crippen molar-refractivity contribution < 1.29 is 17.6 Å². The first-order valence-corrected chi connectivity index (χ1v) is 11.4. The lowest BCUT2D eigenvalue weighted by molar-refractivity contribution is -0.137. The van der Waals surface area contributed by atoms with Crippen LogP contribution in [0.25, 0.3) is 17.0 Å². The van der Waals surface area contributed by atoms with E-state index in [1.54, 1.807) is 25.1 Å². The summed E-state index contributed by atoms with van der Waals surface area (Å²) in [5, 5.41) is 2.98. The van der Waals surface area contributed by atoms with Gasteiger partial charge in [-0.05, 0) is 55.3 Å². The van der Waals surface area contributed by atoms with Gasteiger partial charge in [-0.15, -0.1) is 0 Å². The number of aryl methyl sites for hydroxylation is 2. The Morgan fingerprint density at radius 3 is 2.21 bits per heavy atom. The minimum absolute atomic E-state index is 0.00528. The third-order valence-corrected chi connectivity index (χ3v) is 5.24. The molecule has 0 saturated carbocycles. The molecule has 0 atom stereocenters. The second-order valence-electron chi connectivity index (χ2n) is 8.23. The number of benzene rings is 2. The summed E-state index contributed by atoms with van der Waals surface area (Å²) >= 11 is 0. The summed E-state index contributed by atoms with van der Waals surface area (Å²) in [6.45, 7) is 12.0. The zero-order chi connectivity index (χ0) is 25.3. The Morgan fingerprint density at radius 2 is 1.59 bits per heavy atom. The number of halogens is 4. The van der Waals surface area contributed by atoms with Crippen LogP contribution in [0.15, 0.2) is 61.2 Å². The number of rotatable bonds is 7. The number of pyridine rings is 1. The standard InChI is InChI=1S/C22H18F4N2.C6H14/c1-13-10-20(17-6-4-5-7-19(17)22(24,25)26)28-21(11-13)27-15(3)18-12-16(23)9-8-14(18)2;1-3-5-6-4-2/h4-12H,3H2,1-2H3,(H,27,28);3-6H2,1-2H3. The van der Waals surface area contributed by atoms with Gasteiger partial charge in [0.25, 0.3) is 0 Å². The smallest absolute Gasteiger partial charge is 0.340 e. The normalized spacial score (nSPS) is 10.9. The molecule has 0 spiro atoms. The topological polar surface area (TPSA) is 24.9 Å². The Hall–Kier alpha value is -3.15. The van der Waals surface area contributed by atoms with Gasteiger partial charge in [0.05, 0.1) is 11.3 Å². The van der Waals surface area contributed by atoms with Gasteiger partial charge in [-0.1, -0.05) is 70.4 Å². The first-order valence-electron chi connectivity index (χ1n) is 11.4. The van der Waals surface area contributed by atoms with Crippen LogP contribution in [-0.2, 0) is 6.18 Å². The van der Waals surface area contributed by atoms with E-state index in [0.717, 1.165) is 17.2 Å². The van der Waals surface area contributed by atoms with E-state index in [1.165, 1.54) is 56.0 Å². The van der Waals surface area contributed by atoms with Crippen LogP contribution >= 0.6 is 0 Å². The number of nitrogens with zero attached hydrogens (tertiary/aromatic N) is 1. The van der Waals surface area contributed by atoms with Crippen molar-refractivity contribution >= 4 is 11.5 Å². The van der Waals surface area contributed by atoms with E-state index in [9.17, 15) is 17.6 Å². The van der Waals surface area contributed by atoms with E-state index < -0.39 is 17.6 Å². The molecular weight excluding hydrogens is 440 g/mol. The Labute approximate surface area is 199 Å². The molecule has 3 aromatic rings. The molecule has 182 valence electrons. The quantitative estimate of drug-likeness (QED) is 0.274. The van der Waals surface area contributed by atoms with Gasteiger partial charge in [-0.3, -0.25) is 0 Å². The third kappa shape index (κ3) is 7.72. The molecular formula is C28H32F4N2. The highest BCUT2D eigenvalue weighted by molar-refractivity contribution is 5.77. The largest absolute Gasteiger partial charge is 0.417 e. The molecule has 34 heavy (non-hydrogen) atoms. The summed E-state index contributed by atoms with van der Waals surface area (Å²) in [6, 6.07) is 12.9. The zero-order valence-corrected chi connectivity index (χ0v) is 20.2. The van der Waals surface area contributed by atoms with Crippen LogP contribution in [0.5, 0.6) is 0 Å². The van der Waals surface area contributed by atoms with Crippen LogP contribution in [0, 0.1) is 19.7 Å². The molecule has 0 aliphatic rings. The lowest BCUT2D eigenvalue weighted by Crippen LogP contribution is -2.08. The number of anilines is 1. The van der Waals surface area contributed by atoms with Crippen molar-refractivity contribution in [2.24, 2.45) is 0 Å². The zero-order valence-electron chi connectivity index (χ0n) is 20.2. The summed E-state index contributed by atoms with van der Waals surface area (Å²) in [5.41, 5.74) is 1.96. The summed E-state index contributed by atoms with van der Waals surface area (Å²) in [5.74, 6) is -0.0683. The first-order chi connectivity index (χ1) is 16.1. The summed E-state index contributed by atoms with van der Waals surface area (Å²) in [7, 11) is 0. The van der Waals surface area contributed by atoms with Gasteiger partial charge >= 0.3 is 6.18 Å². The number of unbranched alkanes of at least 4 members (excludes halogenated alkanes) is 3. The van der Waals surface area contributed by atoms with Gasteiger partial charge in [0, 0.05) is 16.8 Å². The van der Waals surface area contributed by atoms with Gasteiger partial charge in [0.2, 0.25) is 0 Å². The van der Waals surface area contributed by atoms with Crippen molar-refractivity contribution in [2.75, 3.05) is 5.32 Å². The molecule has 0 bridgehead atoms. The van der Waals surface area contributed by atoms with Gasteiger partial charge in [0.1, 0.15) is 11.6 Å². The molecule has 0 unspecified atom stereocenters. The molecule has 0 fully saturated rings. The minimum Gasteiger partial charge on any atom is -0.340 e. The monoisotopic (exact) mass is 472 g/mol. The SMILES string of the molecule is C=C(Nc1cc(C)cc(-c2ccccc2C(F)(F)F)n1)c1cc(F)ccc1C.CCCCCC. The van der Waals surface area contributed by atoms with E-state index in [2.05, 4.69) is 30.7 Å². The average molecular weight is 473 g/mol. The van der Waals surface area contributed by atoms with E-state index in [-0.39, 0.29) is 11.3 Å². The average Bonchev–Trinajstić information content (AvgIpc) is 2.78. The van der Waals surface area contributed by atoms with Crippen molar-refractivity contribution in [1.82, 2.24) is 4.98 Å². The summed E-state index contributed by atoms with van der Waals surface area (Å²) < 4.78 is 53.6. The Balaban J connectivity index is 0.000000604. The second kappa shape index (κ2) is 12.4. The van der Waals surface area contributed by atoms with Crippen LogP contribution in [0.1, 0.15) is 61.8 Å². The maximum atomic E-state index is 13.6. The van der Waals surface area contributed by atoms with Crippen LogP contribution in [0.3, 0.4) is 0 Å². The number of aromatic nitrogens is 1. The van der Waals surface area contributed by atoms with Crippen LogP contribution in [0.4, 0.5) is 23.4 Å². The third-order valence-electron chi connectivity index (χ3n) is 5.24. The number of hydrogen-bond acceptors (Lipinski definition) is 2. The molecule has 2 aromatic carbocycles. The number of hydrogen-bond donors (Lipinski definition) is 1. The van der Waals surface area contributed by atoms with Gasteiger partial charge in [0.15, 0.2) is 0 Å². The summed E-state index contributed by atoms with van der Waals surface area (Å²) in [4.78, 5) is 4.33. The molecule has 0 aliphatic carbocycles. The fourth-order valence-electron chi connectivity index (χ4n) is 3.46. The highest BCUT2D eigenvalue weighted by Gasteiger charge is 2.33. The minimum atomic E-state index is -4.49.